The van der Waals surface area contributed by atoms with Crippen LogP contribution in [-0.4, -0.2) is 49.9 Å². The summed E-state index contributed by atoms with van der Waals surface area (Å²) in [6.07, 6.45) is -0.125. The summed E-state index contributed by atoms with van der Waals surface area (Å²) >= 11 is 0. The first-order chi connectivity index (χ1) is 9.04. The van der Waals surface area contributed by atoms with Gasteiger partial charge in [0.05, 0.1) is 29.3 Å². The highest BCUT2D eigenvalue weighted by atomic mass is 16.3. The van der Waals surface area contributed by atoms with Crippen LogP contribution in [0.4, 0.5) is 0 Å². The number of rotatable bonds is 2. The second-order valence-electron chi connectivity index (χ2n) is 5.56. The van der Waals surface area contributed by atoms with Crippen molar-refractivity contribution in [1.82, 2.24) is 14.9 Å². The molecule has 1 saturated heterocycles. The van der Waals surface area contributed by atoms with E-state index in [1.165, 1.54) is 0 Å². The van der Waals surface area contributed by atoms with Gasteiger partial charge in [-0.15, -0.1) is 0 Å². The van der Waals surface area contributed by atoms with Gasteiger partial charge in [-0.1, -0.05) is 12.1 Å². The third-order valence-corrected chi connectivity index (χ3v) is 3.89. The van der Waals surface area contributed by atoms with Crippen molar-refractivity contribution in [2.75, 3.05) is 13.1 Å². The minimum Gasteiger partial charge on any atom is -0.389 e. The van der Waals surface area contributed by atoms with Crippen molar-refractivity contribution in [1.29, 1.82) is 0 Å². The second kappa shape index (κ2) is 4.59. The van der Waals surface area contributed by atoms with Gasteiger partial charge in [-0.25, -0.2) is 4.98 Å². The number of hydrogen-bond donors (Lipinski definition) is 3. The Kier molecular flexibility index (Phi) is 3.05. The Bertz CT molecular complexity index is 546. The van der Waals surface area contributed by atoms with E-state index in [0.717, 1.165) is 23.4 Å². The van der Waals surface area contributed by atoms with Crippen LogP contribution < -0.4 is 0 Å². The molecule has 1 aliphatic rings. The Morgan fingerprint density at radius 3 is 3.00 bits per heavy atom. The van der Waals surface area contributed by atoms with Crippen LogP contribution in [0.2, 0.25) is 0 Å². The lowest BCUT2D eigenvalue weighted by atomic mass is 9.91. The van der Waals surface area contributed by atoms with Gasteiger partial charge in [0.15, 0.2) is 0 Å². The van der Waals surface area contributed by atoms with E-state index in [-0.39, 0.29) is 0 Å². The zero-order valence-corrected chi connectivity index (χ0v) is 11.0. The molecule has 2 aromatic rings. The number of para-hydroxylation sites is 2. The summed E-state index contributed by atoms with van der Waals surface area (Å²) in [6, 6.07) is 7.92. The number of likely N-dealkylation sites (tertiary alicyclic amines) is 1. The van der Waals surface area contributed by atoms with Crippen molar-refractivity contribution in [3.63, 3.8) is 0 Å². The summed E-state index contributed by atoms with van der Waals surface area (Å²) in [7, 11) is 0. The fourth-order valence-electron chi connectivity index (χ4n) is 2.52. The van der Waals surface area contributed by atoms with Crippen LogP contribution >= 0.6 is 0 Å². The van der Waals surface area contributed by atoms with Crippen LogP contribution in [0.15, 0.2) is 24.3 Å². The van der Waals surface area contributed by atoms with Gasteiger partial charge >= 0.3 is 0 Å². The molecule has 0 aliphatic carbocycles. The molecule has 1 fully saturated rings. The highest BCUT2D eigenvalue weighted by molar-refractivity contribution is 5.74. The number of piperidine rings is 1. The Labute approximate surface area is 111 Å². The Morgan fingerprint density at radius 1 is 1.47 bits per heavy atom. The van der Waals surface area contributed by atoms with Crippen LogP contribution in [0.3, 0.4) is 0 Å². The number of aromatic nitrogens is 2. The minimum atomic E-state index is -0.968. The third-order valence-electron chi connectivity index (χ3n) is 3.89. The number of aliphatic hydroxyl groups excluding tert-OH is 1. The molecule has 0 amide bonds. The average Bonchev–Trinajstić information content (AvgIpc) is 2.76. The molecule has 1 aromatic heterocycles. The van der Waals surface area contributed by atoms with E-state index in [1.807, 2.05) is 24.3 Å². The number of benzene rings is 1. The number of nitrogens with one attached hydrogen (secondary N) is 1. The first-order valence-corrected chi connectivity index (χ1v) is 6.61. The molecule has 19 heavy (non-hydrogen) atoms. The van der Waals surface area contributed by atoms with E-state index in [1.54, 1.807) is 6.92 Å². The number of fused-ring (bicyclic) bond motifs is 1. The van der Waals surface area contributed by atoms with Crippen LogP contribution in [0.25, 0.3) is 11.0 Å². The molecule has 3 rings (SSSR count). The van der Waals surface area contributed by atoms with Gasteiger partial charge in [-0.2, -0.15) is 0 Å². The number of β-amino-alcohol motifs (C(OH)–C–C–N with tert-alkyl or cyclic N) is 1. The van der Waals surface area contributed by atoms with Crippen LogP contribution in [0.1, 0.15) is 19.2 Å². The summed E-state index contributed by atoms with van der Waals surface area (Å²) in [4.78, 5) is 9.92. The Balaban J connectivity index is 1.72. The van der Waals surface area contributed by atoms with Gasteiger partial charge in [0.2, 0.25) is 0 Å². The smallest absolute Gasteiger partial charge is 0.121 e. The summed E-state index contributed by atoms with van der Waals surface area (Å²) in [5.41, 5.74) is 1.02. The summed E-state index contributed by atoms with van der Waals surface area (Å²) in [6.45, 7) is 3.60. The molecule has 0 spiro atoms. The van der Waals surface area contributed by atoms with E-state index in [9.17, 15) is 10.2 Å². The Hall–Kier alpha value is -1.43. The average molecular weight is 261 g/mol. The zero-order valence-electron chi connectivity index (χ0n) is 11.0. The monoisotopic (exact) mass is 261 g/mol. The highest BCUT2D eigenvalue weighted by Gasteiger charge is 2.36. The fraction of sp³-hybridized carbons (Fsp3) is 0.500. The first-order valence-electron chi connectivity index (χ1n) is 6.61. The van der Waals surface area contributed by atoms with E-state index in [4.69, 9.17) is 0 Å². The maximum absolute atomic E-state index is 9.94. The van der Waals surface area contributed by atoms with Gasteiger partial charge in [-0.05, 0) is 25.5 Å². The van der Waals surface area contributed by atoms with Gasteiger partial charge in [-0.3, -0.25) is 4.90 Å². The van der Waals surface area contributed by atoms with Crippen LogP contribution in [0.5, 0.6) is 0 Å². The topological polar surface area (TPSA) is 72.4 Å². The molecule has 5 heteroatoms. The Morgan fingerprint density at radius 2 is 2.26 bits per heavy atom. The van der Waals surface area contributed by atoms with Crippen molar-refractivity contribution in [3.8, 4) is 0 Å². The van der Waals surface area contributed by atoms with Crippen LogP contribution in [-0.2, 0) is 6.54 Å². The van der Waals surface area contributed by atoms with E-state index in [0.29, 0.717) is 19.5 Å². The fourth-order valence-corrected chi connectivity index (χ4v) is 2.52. The molecule has 1 aliphatic heterocycles. The summed E-state index contributed by atoms with van der Waals surface area (Å²) in [5, 5.41) is 19.8. The zero-order chi connectivity index (χ0) is 13.5. The number of aromatic amines is 1. The molecule has 0 unspecified atom stereocenters. The number of aliphatic hydroxyl groups is 2. The molecule has 0 radical (unpaired) electrons. The van der Waals surface area contributed by atoms with Crippen molar-refractivity contribution >= 4 is 11.0 Å². The van der Waals surface area contributed by atoms with E-state index >= 15 is 0 Å². The van der Waals surface area contributed by atoms with Crippen molar-refractivity contribution in [2.24, 2.45) is 0 Å². The van der Waals surface area contributed by atoms with Crippen molar-refractivity contribution < 1.29 is 10.2 Å². The van der Waals surface area contributed by atoms with E-state index in [2.05, 4.69) is 14.9 Å². The maximum atomic E-state index is 9.94. The first kappa shape index (κ1) is 12.6. The summed E-state index contributed by atoms with van der Waals surface area (Å²) < 4.78 is 0. The molecule has 102 valence electrons. The van der Waals surface area contributed by atoms with Crippen LogP contribution in [0, 0.1) is 0 Å². The lowest BCUT2D eigenvalue weighted by Crippen LogP contribution is -2.53. The number of H-pyrrole nitrogens is 1. The molecule has 1 aromatic carbocycles. The highest BCUT2D eigenvalue weighted by Crippen LogP contribution is 2.23. The summed E-state index contributed by atoms with van der Waals surface area (Å²) in [5.74, 6) is 0.898. The predicted molar refractivity (Wildman–Crippen MR) is 72.6 cm³/mol. The third kappa shape index (κ3) is 2.49. The number of imidazole rings is 1. The maximum Gasteiger partial charge on any atom is 0.121 e. The molecule has 2 heterocycles. The normalized spacial score (nSPS) is 28.9. The molecular weight excluding hydrogens is 242 g/mol. The lowest BCUT2D eigenvalue weighted by Gasteiger charge is -2.39. The second-order valence-corrected chi connectivity index (χ2v) is 5.56. The molecular formula is C14H19N3O2. The number of hydrogen-bond acceptors (Lipinski definition) is 4. The number of nitrogens with zero attached hydrogens (tertiary/aromatic N) is 2. The molecule has 0 saturated carbocycles. The van der Waals surface area contributed by atoms with Gasteiger partial charge in [0.25, 0.3) is 0 Å². The SMILES string of the molecule is C[C@@]1(O)CCN(Cc2nc3ccccc3[nH]2)C[C@@H]1O. The van der Waals surface area contributed by atoms with E-state index < -0.39 is 11.7 Å². The quantitative estimate of drug-likeness (QED) is 0.750. The van der Waals surface area contributed by atoms with Gasteiger partial charge in [0.1, 0.15) is 5.82 Å². The molecule has 5 nitrogen and oxygen atoms in total. The molecule has 0 bridgehead atoms. The molecule has 2 atom stereocenters. The van der Waals surface area contributed by atoms with Crippen molar-refractivity contribution in [3.05, 3.63) is 30.1 Å². The lowest BCUT2D eigenvalue weighted by molar-refractivity contribution is -0.108. The van der Waals surface area contributed by atoms with Gasteiger partial charge in [0, 0.05) is 13.1 Å². The largest absolute Gasteiger partial charge is 0.389 e. The standard InChI is InChI=1S/C14H19N3O2/c1-14(19)6-7-17(8-12(14)18)9-13-15-10-4-2-3-5-11(10)16-13/h2-5,12,18-19H,6-9H2,1H3,(H,15,16)/t12-,14+/m0/s1. The minimum absolute atomic E-state index is 0.476. The predicted octanol–water partition coefficient (Wildman–Crippen LogP) is 0.880. The van der Waals surface area contributed by atoms with Crippen molar-refractivity contribution in [2.45, 2.75) is 31.6 Å². The van der Waals surface area contributed by atoms with Gasteiger partial charge < -0.3 is 15.2 Å². The molecule has 3 N–H and O–H groups in total.